The Kier molecular flexibility index (Phi) is 5.68. The molecular weight excluding hydrogens is 414 g/mol. The van der Waals surface area contributed by atoms with Crippen LogP contribution in [0, 0.1) is 18.6 Å². The Balaban J connectivity index is 1.66. The molecule has 162 valence electrons. The van der Waals surface area contributed by atoms with E-state index in [1.165, 1.54) is 13.1 Å². The van der Waals surface area contributed by atoms with Gasteiger partial charge in [-0.15, -0.1) is 0 Å². The van der Waals surface area contributed by atoms with E-state index in [4.69, 9.17) is 0 Å². The molecule has 4 aromatic rings. The topological polar surface area (TPSA) is 76.0 Å². The van der Waals surface area contributed by atoms with Crippen molar-refractivity contribution >= 4 is 22.8 Å². The second kappa shape index (κ2) is 8.58. The number of nitrogens with zero attached hydrogens (tertiary/aromatic N) is 2. The molecular formula is C24H20F2N4O2. The van der Waals surface area contributed by atoms with Crippen molar-refractivity contribution in [1.82, 2.24) is 20.2 Å². The molecule has 0 aliphatic rings. The summed E-state index contributed by atoms with van der Waals surface area (Å²) in [5, 5.41) is 5.02. The number of fused-ring (bicyclic) bond motifs is 1. The third kappa shape index (κ3) is 3.94. The number of imidazole rings is 1. The predicted molar refractivity (Wildman–Crippen MR) is 116 cm³/mol. The quantitative estimate of drug-likeness (QED) is 0.501. The van der Waals surface area contributed by atoms with Gasteiger partial charge in [0, 0.05) is 18.3 Å². The van der Waals surface area contributed by atoms with Gasteiger partial charge in [-0.3, -0.25) is 14.2 Å². The van der Waals surface area contributed by atoms with E-state index in [9.17, 15) is 18.4 Å². The number of para-hydroxylation sites is 1. The first-order chi connectivity index (χ1) is 15.4. The number of carbonyl (C=O) groups is 2. The van der Waals surface area contributed by atoms with Crippen LogP contribution in [0.25, 0.3) is 16.7 Å². The zero-order valence-electron chi connectivity index (χ0n) is 17.4. The van der Waals surface area contributed by atoms with Crippen LogP contribution in [-0.2, 0) is 4.79 Å². The van der Waals surface area contributed by atoms with Gasteiger partial charge in [-0.05, 0) is 55.0 Å². The smallest absolute Gasteiger partial charge is 0.252 e. The highest BCUT2D eigenvalue weighted by atomic mass is 19.2. The van der Waals surface area contributed by atoms with Crippen molar-refractivity contribution in [2.45, 2.75) is 13.0 Å². The van der Waals surface area contributed by atoms with Crippen molar-refractivity contribution in [3.8, 4) is 5.69 Å². The van der Waals surface area contributed by atoms with E-state index in [0.717, 1.165) is 29.2 Å². The van der Waals surface area contributed by atoms with Crippen molar-refractivity contribution < 1.29 is 18.4 Å². The van der Waals surface area contributed by atoms with Gasteiger partial charge in [-0.25, -0.2) is 13.8 Å². The van der Waals surface area contributed by atoms with Crippen molar-refractivity contribution in [3.05, 3.63) is 95.3 Å². The standard InChI is InChI=1S/C24H20F2N4O2/c1-14-28-20-13-16(9-11-21(20)30(14)17-6-4-3-5-7-17)23(31)29-22(24(32)27-2)15-8-10-18(25)19(26)12-15/h3-13,22H,1-2H3,(H,27,32)(H,29,31). The lowest BCUT2D eigenvalue weighted by Gasteiger charge is -2.18. The molecule has 1 atom stereocenters. The molecule has 1 heterocycles. The van der Waals surface area contributed by atoms with E-state index in [-0.39, 0.29) is 11.1 Å². The molecule has 3 aromatic carbocycles. The summed E-state index contributed by atoms with van der Waals surface area (Å²) in [4.78, 5) is 29.8. The Morgan fingerprint density at radius 2 is 1.72 bits per heavy atom. The number of benzene rings is 3. The van der Waals surface area contributed by atoms with Crippen molar-refractivity contribution in [3.63, 3.8) is 0 Å². The fourth-order valence-electron chi connectivity index (χ4n) is 3.60. The maximum absolute atomic E-state index is 13.7. The minimum absolute atomic E-state index is 0.127. The number of aromatic nitrogens is 2. The number of halogens is 2. The summed E-state index contributed by atoms with van der Waals surface area (Å²) in [6.45, 7) is 1.87. The molecule has 0 bridgehead atoms. The molecule has 0 fully saturated rings. The molecule has 32 heavy (non-hydrogen) atoms. The van der Waals surface area contributed by atoms with Gasteiger partial charge in [0.15, 0.2) is 11.6 Å². The van der Waals surface area contributed by atoms with E-state index in [1.807, 2.05) is 41.8 Å². The van der Waals surface area contributed by atoms with Crippen molar-refractivity contribution in [2.75, 3.05) is 7.05 Å². The Hall–Kier alpha value is -4.07. The first kappa shape index (κ1) is 21.2. The van der Waals surface area contributed by atoms with Crippen LogP contribution in [0.3, 0.4) is 0 Å². The van der Waals surface area contributed by atoms with Gasteiger partial charge < -0.3 is 10.6 Å². The van der Waals surface area contributed by atoms with Crippen LogP contribution in [0.15, 0.2) is 66.7 Å². The first-order valence-corrected chi connectivity index (χ1v) is 9.91. The molecule has 0 saturated carbocycles. The zero-order chi connectivity index (χ0) is 22.8. The molecule has 4 rings (SSSR count). The zero-order valence-corrected chi connectivity index (χ0v) is 17.4. The second-order valence-corrected chi connectivity index (χ2v) is 7.23. The molecule has 0 spiro atoms. The molecule has 0 radical (unpaired) electrons. The Morgan fingerprint density at radius 1 is 0.969 bits per heavy atom. The third-order valence-electron chi connectivity index (χ3n) is 5.16. The Morgan fingerprint density at radius 3 is 2.41 bits per heavy atom. The maximum atomic E-state index is 13.7. The van der Waals surface area contributed by atoms with Gasteiger partial charge in [0.2, 0.25) is 5.91 Å². The summed E-state index contributed by atoms with van der Waals surface area (Å²) in [5.41, 5.74) is 2.80. The number of carbonyl (C=O) groups excluding carboxylic acids is 2. The van der Waals surface area contributed by atoms with Gasteiger partial charge in [0.25, 0.3) is 5.91 Å². The van der Waals surface area contributed by atoms with Crippen LogP contribution in [-0.4, -0.2) is 28.4 Å². The lowest BCUT2D eigenvalue weighted by atomic mass is 10.0. The summed E-state index contributed by atoms with van der Waals surface area (Å²) in [7, 11) is 1.40. The van der Waals surface area contributed by atoms with Crippen molar-refractivity contribution in [1.29, 1.82) is 0 Å². The third-order valence-corrected chi connectivity index (χ3v) is 5.16. The number of amides is 2. The minimum Gasteiger partial charge on any atom is -0.357 e. The van der Waals surface area contributed by atoms with Gasteiger partial charge in [0.1, 0.15) is 11.9 Å². The number of aryl methyl sites for hydroxylation is 1. The number of likely N-dealkylation sites (N-methyl/N-ethyl adjacent to an activating group) is 1. The number of hydrogen-bond donors (Lipinski definition) is 2. The number of rotatable bonds is 5. The average molecular weight is 434 g/mol. The molecule has 0 aliphatic heterocycles. The average Bonchev–Trinajstić information content (AvgIpc) is 3.14. The molecule has 6 nitrogen and oxygen atoms in total. The van der Waals surface area contributed by atoms with E-state index < -0.39 is 29.5 Å². The molecule has 8 heteroatoms. The van der Waals surface area contributed by atoms with Gasteiger partial charge in [-0.1, -0.05) is 24.3 Å². The molecule has 1 unspecified atom stereocenters. The van der Waals surface area contributed by atoms with Crippen LogP contribution in [0.2, 0.25) is 0 Å². The Labute approximate surface area is 182 Å². The van der Waals surface area contributed by atoms with Crippen molar-refractivity contribution in [2.24, 2.45) is 0 Å². The summed E-state index contributed by atoms with van der Waals surface area (Å²) < 4.78 is 29.0. The highest BCUT2D eigenvalue weighted by Gasteiger charge is 2.24. The van der Waals surface area contributed by atoms with E-state index in [1.54, 1.807) is 18.2 Å². The van der Waals surface area contributed by atoms with Gasteiger partial charge >= 0.3 is 0 Å². The molecule has 0 aliphatic carbocycles. The fourth-order valence-corrected chi connectivity index (χ4v) is 3.60. The van der Waals surface area contributed by atoms with Crippen LogP contribution in [0.5, 0.6) is 0 Å². The van der Waals surface area contributed by atoms with Crippen LogP contribution < -0.4 is 10.6 Å². The highest BCUT2D eigenvalue weighted by Crippen LogP contribution is 2.23. The Bertz CT molecular complexity index is 1320. The summed E-state index contributed by atoms with van der Waals surface area (Å²) in [5.74, 6) is -2.49. The first-order valence-electron chi connectivity index (χ1n) is 9.91. The SMILES string of the molecule is CNC(=O)C(NC(=O)c1ccc2c(c1)nc(C)n2-c1ccccc1)c1ccc(F)c(F)c1. The monoisotopic (exact) mass is 434 g/mol. The van der Waals surface area contributed by atoms with Crippen LogP contribution >= 0.6 is 0 Å². The number of hydrogen-bond acceptors (Lipinski definition) is 3. The van der Waals surface area contributed by atoms with Crippen LogP contribution in [0.1, 0.15) is 27.8 Å². The largest absolute Gasteiger partial charge is 0.357 e. The molecule has 2 amide bonds. The summed E-state index contributed by atoms with van der Waals surface area (Å²) >= 11 is 0. The lowest BCUT2D eigenvalue weighted by Crippen LogP contribution is -2.39. The molecule has 1 aromatic heterocycles. The van der Waals surface area contributed by atoms with E-state index in [2.05, 4.69) is 15.6 Å². The minimum atomic E-state index is -1.19. The van der Waals surface area contributed by atoms with Gasteiger partial charge in [-0.2, -0.15) is 0 Å². The number of nitrogens with one attached hydrogen (secondary N) is 2. The second-order valence-electron chi connectivity index (χ2n) is 7.23. The van der Waals surface area contributed by atoms with E-state index >= 15 is 0 Å². The normalized spacial score (nSPS) is 11.9. The maximum Gasteiger partial charge on any atom is 0.252 e. The predicted octanol–water partition coefficient (Wildman–Crippen LogP) is 3.83. The highest BCUT2D eigenvalue weighted by molar-refractivity contribution is 6.00. The summed E-state index contributed by atoms with van der Waals surface area (Å²) in [6.07, 6.45) is 0. The molecule has 0 saturated heterocycles. The fraction of sp³-hybridized carbons (Fsp3) is 0.125. The molecule has 2 N–H and O–H groups in total. The summed E-state index contributed by atoms with van der Waals surface area (Å²) in [6, 6.07) is 16.6. The van der Waals surface area contributed by atoms with Gasteiger partial charge in [0.05, 0.1) is 11.0 Å². The van der Waals surface area contributed by atoms with Crippen LogP contribution in [0.4, 0.5) is 8.78 Å². The van der Waals surface area contributed by atoms with E-state index in [0.29, 0.717) is 5.52 Å². The lowest BCUT2D eigenvalue weighted by molar-refractivity contribution is -0.122.